The summed E-state index contributed by atoms with van der Waals surface area (Å²) in [6.07, 6.45) is -0.479. The second-order valence-electron chi connectivity index (χ2n) is 5.12. The lowest BCUT2D eigenvalue weighted by Crippen LogP contribution is -2.43. The Hall–Kier alpha value is -1.51. The highest BCUT2D eigenvalue weighted by Gasteiger charge is 2.18. The van der Waals surface area contributed by atoms with E-state index in [1.165, 1.54) is 0 Å². The van der Waals surface area contributed by atoms with Crippen LogP contribution < -0.4 is 10.1 Å². The molecule has 0 radical (unpaired) electrons. The fraction of sp³-hybridized carbons (Fsp3) is 0.533. The molecule has 0 aliphatic heterocycles. The Morgan fingerprint density at radius 3 is 2.44 bits per heavy atom. The molecule has 0 saturated heterocycles. The molecule has 0 fully saturated rings. The van der Waals surface area contributed by atoms with E-state index in [0.29, 0.717) is 5.92 Å². The zero-order chi connectivity index (χ0) is 13.7. The Morgan fingerprint density at radius 1 is 1.22 bits per heavy atom. The van der Waals surface area contributed by atoms with E-state index in [-0.39, 0.29) is 11.9 Å². The average Bonchev–Trinajstić information content (AvgIpc) is 2.28. The zero-order valence-electron chi connectivity index (χ0n) is 11.9. The molecule has 18 heavy (non-hydrogen) atoms. The number of carbonyl (C=O) groups is 1. The van der Waals surface area contributed by atoms with Gasteiger partial charge in [-0.3, -0.25) is 4.79 Å². The van der Waals surface area contributed by atoms with Gasteiger partial charge >= 0.3 is 0 Å². The van der Waals surface area contributed by atoms with Gasteiger partial charge in [0.15, 0.2) is 6.10 Å². The molecule has 0 aliphatic carbocycles. The van der Waals surface area contributed by atoms with Crippen LogP contribution in [0.25, 0.3) is 0 Å². The van der Waals surface area contributed by atoms with Gasteiger partial charge in [0, 0.05) is 6.04 Å². The number of aryl methyl sites for hydroxylation is 1. The maximum absolute atomic E-state index is 11.9. The number of benzene rings is 1. The van der Waals surface area contributed by atoms with Crippen molar-refractivity contribution in [3.63, 3.8) is 0 Å². The lowest BCUT2D eigenvalue weighted by molar-refractivity contribution is -0.128. The van der Waals surface area contributed by atoms with Crippen LogP contribution >= 0.6 is 0 Å². The minimum absolute atomic E-state index is 0.0716. The highest BCUT2D eigenvalue weighted by Crippen LogP contribution is 2.14. The predicted octanol–water partition coefficient (Wildman–Crippen LogP) is 2.92. The first-order valence-electron chi connectivity index (χ1n) is 6.44. The third-order valence-electron chi connectivity index (χ3n) is 3.04. The molecule has 1 aromatic carbocycles. The molecule has 3 nitrogen and oxygen atoms in total. The highest BCUT2D eigenvalue weighted by molar-refractivity contribution is 5.81. The molecule has 3 heteroatoms. The van der Waals surface area contributed by atoms with Crippen molar-refractivity contribution >= 4 is 5.91 Å². The van der Waals surface area contributed by atoms with Crippen molar-refractivity contribution in [3.05, 3.63) is 29.8 Å². The second-order valence-corrected chi connectivity index (χ2v) is 5.12. The lowest BCUT2D eigenvalue weighted by Gasteiger charge is -2.21. The Kier molecular flexibility index (Phi) is 5.20. The normalized spacial score (nSPS) is 14.1. The number of rotatable bonds is 5. The summed E-state index contributed by atoms with van der Waals surface area (Å²) >= 11 is 0. The predicted molar refractivity (Wildman–Crippen MR) is 73.7 cm³/mol. The highest BCUT2D eigenvalue weighted by atomic mass is 16.5. The van der Waals surface area contributed by atoms with Crippen LogP contribution in [0.3, 0.4) is 0 Å². The zero-order valence-corrected chi connectivity index (χ0v) is 11.9. The molecular weight excluding hydrogens is 226 g/mol. The third-order valence-corrected chi connectivity index (χ3v) is 3.04. The van der Waals surface area contributed by atoms with E-state index in [4.69, 9.17) is 4.74 Å². The van der Waals surface area contributed by atoms with E-state index in [1.54, 1.807) is 6.92 Å². The summed E-state index contributed by atoms with van der Waals surface area (Å²) in [7, 11) is 0. The first-order chi connectivity index (χ1) is 8.40. The van der Waals surface area contributed by atoms with Crippen LogP contribution in [-0.4, -0.2) is 18.1 Å². The fourth-order valence-corrected chi connectivity index (χ4v) is 1.45. The summed E-state index contributed by atoms with van der Waals surface area (Å²) in [5, 5.41) is 2.95. The minimum atomic E-state index is -0.479. The van der Waals surface area contributed by atoms with E-state index in [2.05, 4.69) is 19.2 Å². The van der Waals surface area contributed by atoms with Gasteiger partial charge in [-0.25, -0.2) is 0 Å². The van der Waals surface area contributed by atoms with Crippen LogP contribution in [0.4, 0.5) is 0 Å². The topological polar surface area (TPSA) is 38.3 Å². The molecule has 0 saturated carbocycles. The summed E-state index contributed by atoms with van der Waals surface area (Å²) in [5.74, 6) is 1.08. The van der Waals surface area contributed by atoms with Crippen molar-refractivity contribution in [1.29, 1.82) is 0 Å². The molecule has 1 amide bonds. The van der Waals surface area contributed by atoms with Gasteiger partial charge in [-0.15, -0.1) is 0 Å². The Balaban J connectivity index is 2.55. The van der Waals surface area contributed by atoms with E-state index in [1.807, 2.05) is 38.1 Å². The molecule has 1 N–H and O–H groups in total. The van der Waals surface area contributed by atoms with Crippen molar-refractivity contribution < 1.29 is 9.53 Å². The summed E-state index contributed by atoms with van der Waals surface area (Å²) in [4.78, 5) is 11.9. The second kappa shape index (κ2) is 6.43. The average molecular weight is 249 g/mol. The maximum atomic E-state index is 11.9. The number of carbonyl (C=O) groups excluding carboxylic acids is 1. The lowest BCUT2D eigenvalue weighted by atomic mass is 10.1. The first kappa shape index (κ1) is 14.6. The minimum Gasteiger partial charge on any atom is -0.481 e. The number of hydrogen-bond donors (Lipinski definition) is 1. The van der Waals surface area contributed by atoms with Crippen molar-refractivity contribution in [2.75, 3.05) is 0 Å². The van der Waals surface area contributed by atoms with Crippen molar-refractivity contribution in [3.8, 4) is 5.75 Å². The van der Waals surface area contributed by atoms with Crippen LogP contribution in [0.1, 0.15) is 33.3 Å². The molecule has 2 atom stereocenters. The summed E-state index contributed by atoms with van der Waals surface area (Å²) in [5.41, 5.74) is 1.12. The molecule has 1 rings (SSSR count). The Labute approximate surface area is 110 Å². The summed E-state index contributed by atoms with van der Waals surface area (Å²) in [6, 6.07) is 7.86. The van der Waals surface area contributed by atoms with E-state index in [9.17, 15) is 4.79 Å². The van der Waals surface area contributed by atoms with Crippen LogP contribution in [0, 0.1) is 12.8 Å². The van der Waals surface area contributed by atoms with Gasteiger partial charge in [-0.2, -0.15) is 0 Å². The van der Waals surface area contributed by atoms with Crippen molar-refractivity contribution in [2.24, 2.45) is 5.92 Å². The van der Waals surface area contributed by atoms with Gasteiger partial charge in [-0.05, 0) is 44.4 Å². The number of amides is 1. The Morgan fingerprint density at radius 2 is 1.89 bits per heavy atom. The van der Waals surface area contributed by atoms with Gasteiger partial charge in [-0.1, -0.05) is 26.0 Å². The van der Waals surface area contributed by atoms with Crippen LogP contribution in [0.15, 0.2) is 24.3 Å². The molecule has 0 spiro atoms. The van der Waals surface area contributed by atoms with Gasteiger partial charge in [0.25, 0.3) is 5.91 Å². The summed E-state index contributed by atoms with van der Waals surface area (Å²) in [6.45, 7) is 9.93. The quantitative estimate of drug-likeness (QED) is 0.871. The molecule has 0 aliphatic rings. The molecule has 100 valence electrons. The van der Waals surface area contributed by atoms with Gasteiger partial charge in [0.05, 0.1) is 0 Å². The van der Waals surface area contributed by atoms with Crippen LogP contribution in [0.2, 0.25) is 0 Å². The van der Waals surface area contributed by atoms with Gasteiger partial charge < -0.3 is 10.1 Å². The number of hydrogen-bond acceptors (Lipinski definition) is 2. The van der Waals surface area contributed by atoms with Crippen LogP contribution in [0.5, 0.6) is 5.75 Å². The maximum Gasteiger partial charge on any atom is 0.260 e. The number of nitrogens with one attached hydrogen (secondary N) is 1. The standard InChI is InChI=1S/C15H23NO2/c1-10(2)12(4)16-15(17)13(5)18-14-8-6-7-11(3)9-14/h6-10,12-13H,1-5H3,(H,16,17)/t12-,13+/m1/s1. The monoisotopic (exact) mass is 249 g/mol. The van der Waals surface area contributed by atoms with Crippen LogP contribution in [-0.2, 0) is 4.79 Å². The van der Waals surface area contributed by atoms with Crippen molar-refractivity contribution in [2.45, 2.75) is 46.8 Å². The number of ether oxygens (including phenoxy) is 1. The Bertz CT molecular complexity index is 401. The van der Waals surface area contributed by atoms with Gasteiger partial charge in [0.1, 0.15) is 5.75 Å². The molecule has 0 aromatic heterocycles. The third kappa shape index (κ3) is 4.40. The fourth-order valence-electron chi connectivity index (χ4n) is 1.45. The first-order valence-corrected chi connectivity index (χ1v) is 6.44. The van der Waals surface area contributed by atoms with E-state index < -0.39 is 6.10 Å². The van der Waals surface area contributed by atoms with E-state index in [0.717, 1.165) is 11.3 Å². The molecule has 0 bridgehead atoms. The SMILES string of the molecule is Cc1cccc(O[C@@H](C)C(=O)N[C@H](C)C(C)C)c1. The van der Waals surface area contributed by atoms with Crippen molar-refractivity contribution in [1.82, 2.24) is 5.32 Å². The largest absolute Gasteiger partial charge is 0.481 e. The molecular formula is C15H23NO2. The van der Waals surface area contributed by atoms with E-state index >= 15 is 0 Å². The summed E-state index contributed by atoms with van der Waals surface area (Å²) < 4.78 is 5.63. The molecule has 0 heterocycles. The molecule has 0 unspecified atom stereocenters. The van der Waals surface area contributed by atoms with Gasteiger partial charge in [0.2, 0.25) is 0 Å². The molecule has 1 aromatic rings. The smallest absolute Gasteiger partial charge is 0.260 e.